The molecule has 1 aliphatic carbocycles. The number of unbranched alkanes of at least 4 members (excludes halogenated alkanes) is 7. The van der Waals surface area contributed by atoms with Crippen molar-refractivity contribution in [3.05, 3.63) is 24.0 Å². The molecule has 0 bridgehead atoms. The Labute approximate surface area is 220 Å². The van der Waals surface area contributed by atoms with Gasteiger partial charge in [0.15, 0.2) is 0 Å². The molecule has 0 aliphatic heterocycles. The summed E-state index contributed by atoms with van der Waals surface area (Å²) in [5.74, 6) is -0.0113. The Morgan fingerprint density at radius 1 is 1.11 bits per heavy atom. The van der Waals surface area contributed by atoms with Crippen molar-refractivity contribution in [3.8, 4) is 0 Å². The van der Waals surface area contributed by atoms with Gasteiger partial charge in [-0.2, -0.15) is 0 Å². The maximum atomic E-state index is 12.9. The van der Waals surface area contributed by atoms with Crippen molar-refractivity contribution >= 4 is 5.91 Å². The van der Waals surface area contributed by atoms with Crippen LogP contribution in [0.2, 0.25) is 0 Å². The van der Waals surface area contributed by atoms with Crippen LogP contribution in [-0.2, 0) is 11.2 Å². The number of carbonyl (C=O) groups is 1. The lowest BCUT2D eigenvalue weighted by Gasteiger charge is -2.46. The van der Waals surface area contributed by atoms with Crippen molar-refractivity contribution in [1.29, 1.82) is 0 Å². The van der Waals surface area contributed by atoms with Crippen LogP contribution in [0.1, 0.15) is 136 Å². The van der Waals surface area contributed by atoms with Gasteiger partial charge in [0.25, 0.3) is 0 Å². The maximum Gasteiger partial charge on any atom is 0.220 e. The molecule has 5 N–H and O–H groups in total. The van der Waals surface area contributed by atoms with E-state index in [1.807, 2.05) is 24.7 Å². The Bertz CT molecular complexity index is 814. The summed E-state index contributed by atoms with van der Waals surface area (Å²) in [6.07, 6.45) is 22.4. The second kappa shape index (κ2) is 14.3. The molecule has 1 heterocycles. The molecular formula is C29H54N6O. The normalized spacial score (nSPS) is 27.8. The minimum atomic E-state index is -0.544. The highest BCUT2D eigenvalue weighted by atomic mass is 16.1. The summed E-state index contributed by atoms with van der Waals surface area (Å²) in [6, 6.07) is 0.246. The summed E-state index contributed by atoms with van der Waals surface area (Å²) in [4.78, 5) is 12.9. The molecule has 4 atom stereocenters. The first kappa shape index (κ1) is 30.5. The highest BCUT2D eigenvalue weighted by Crippen LogP contribution is 2.37. The van der Waals surface area contributed by atoms with Crippen LogP contribution in [0.15, 0.2) is 18.3 Å². The van der Waals surface area contributed by atoms with E-state index in [4.69, 9.17) is 11.5 Å². The van der Waals surface area contributed by atoms with E-state index in [-0.39, 0.29) is 17.5 Å². The molecule has 0 spiro atoms. The fraction of sp³-hybridized carbons (Fsp3) is 0.828. The number of hydrogen-bond donors (Lipinski definition) is 3. The lowest BCUT2D eigenvalue weighted by molar-refractivity contribution is -0.124. The van der Waals surface area contributed by atoms with Crippen LogP contribution in [0, 0.1) is 0 Å². The SMILES string of the molecule is CCCCCCCCC/C=C\CC(C)n1cc(CCC(=O)NC2(C)CC(C)(N)CCCC2(C)N)nn1. The largest absolute Gasteiger partial charge is 0.349 e. The summed E-state index contributed by atoms with van der Waals surface area (Å²) in [7, 11) is 0. The molecule has 1 aromatic rings. The van der Waals surface area contributed by atoms with Crippen LogP contribution >= 0.6 is 0 Å². The second-order valence-electron chi connectivity index (χ2n) is 12.1. The van der Waals surface area contributed by atoms with Gasteiger partial charge in [0.1, 0.15) is 0 Å². The predicted octanol–water partition coefficient (Wildman–Crippen LogP) is 5.74. The Balaban J connectivity index is 1.73. The van der Waals surface area contributed by atoms with E-state index in [1.54, 1.807) is 0 Å². The Hall–Kier alpha value is -1.73. The lowest BCUT2D eigenvalue weighted by Crippen LogP contribution is -2.67. The average molecular weight is 503 g/mol. The van der Waals surface area contributed by atoms with Crippen LogP contribution in [0.3, 0.4) is 0 Å². The van der Waals surface area contributed by atoms with Crippen molar-refractivity contribution in [1.82, 2.24) is 20.3 Å². The minimum absolute atomic E-state index is 0.0113. The third kappa shape index (κ3) is 9.97. The quantitative estimate of drug-likeness (QED) is 0.161. The molecule has 4 unspecified atom stereocenters. The molecule has 7 nitrogen and oxygen atoms in total. The fourth-order valence-electron chi connectivity index (χ4n) is 5.41. The molecule has 2 rings (SSSR count). The second-order valence-corrected chi connectivity index (χ2v) is 12.1. The number of carbonyl (C=O) groups excluding carboxylic acids is 1. The number of rotatable bonds is 15. The Morgan fingerprint density at radius 3 is 2.53 bits per heavy atom. The van der Waals surface area contributed by atoms with Crippen molar-refractivity contribution in [2.24, 2.45) is 11.5 Å². The summed E-state index contributed by atoms with van der Waals surface area (Å²) in [5.41, 5.74) is 12.6. The number of hydrogen-bond acceptors (Lipinski definition) is 5. The standard InChI is InChI=1S/C29H54N6O/c1-6-7-8-9-10-11-12-13-14-15-17-24(2)35-22-25(33-34-35)18-19-26(36)32-29(5)23-27(3,30)20-16-21-28(29,4)31/h14-15,22,24H,6-13,16-21,23,30-31H2,1-5H3,(H,32,36)/b15-14-. The van der Waals surface area contributed by atoms with Crippen LogP contribution in [0.25, 0.3) is 0 Å². The first-order valence-electron chi connectivity index (χ1n) is 14.4. The molecule has 0 aromatic carbocycles. The first-order chi connectivity index (χ1) is 17.0. The van der Waals surface area contributed by atoms with E-state index in [2.05, 4.69) is 48.6 Å². The highest BCUT2D eigenvalue weighted by molar-refractivity contribution is 5.77. The number of aryl methyl sites for hydroxylation is 1. The molecule has 0 radical (unpaired) electrons. The lowest BCUT2D eigenvalue weighted by atomic mass is 9.73. The van der Waals surface area contributed by atoms with Gasteiger partial charge >= 0.3 is 0 Å². The van der Waals surface area contributed by atoms with Gasteiger partial charge in [-0.1, -0.05) is 62.8 Å². The molecule has 0 saturated heterocycles. The third-order valence-corrected chi connectivity index (χ3v) is 8.11. The van der Waals surface area contributed by atoms with E-state index in [0.29, 0.717) is 19.3 Å². The van der Waals surface area contributed by atoms with Crippen LogP contribution in [0.5, 0.6) is 0 Å². The number of nitrogens with one attached hydrogen (secondary N) is 1. The molecule has 1 aromatic heterocycles. The van der Waals surface area contributed by atoms with Gasteiger partial charge in [0.2, 0.25) is 5.91 Å². The average Bonchev–Trinajstić information content (AvgIpc) is 3.24. The predicted molar refractivity (Wildman–Crippen MR) is 150 cm³/mol. The first-order valence-corrected chi connectivity index (χ1v) is 14.4. The maximum absolute atomic E-state index is 12.9. The zero-order chi connectivity index (χ0) is 26.7. The van der Waals surface area contributed by atoms with Gasteiger partial charge in [-0.15, -0.1) is 5.10 Å². The van der Waals surface area contributed by atoms with Crippen molar-refractivity contribution < 1.29 is 4.79 Å². The van der Waals surface area contributed by atoms with Crippen molar-refractivity contribution in [2.75, 3.05) is 0 Å². The molecule has 1 amide bonds. The number of nitrogens with zero attached hydrogens (tertiary/aromatic N) is 3. The molecular weight excluding hydrogens is 448 g/mol. The molecule has 36 heavy (non-hydrogen) atoms. The van der Waals surface area contributed by atoms with E-state index in [9.17, 15) is 4.79 Å². The molecule has 1 saturated carbocycles. The van der Waals surface area contributed by atoms with Gasteiger partial charge in [-0.25, -0.2) is 4.68 Å². The summed E-state index contributed by atoms with van der Waals surface area (Å²) in [6.45, 7) is 10.5. The minimum Gasteiger partial charge on any atom is -0.349 e. The Kier molecular flexibility index (Phi) is 12.1. The third-order valence-electron chi connectivity index (χ3n) is 8.11. The molecule has 7 heteroatoms. The number of allylic oxidation sites excluding steroid dienone is 2. The fourth-order valence-corrected chi connectivity index (χ4v) is 5.41. The van der Waals surface area contributed by atoms with Gasteiger partial charge in [0.05, 0.1) is 17.3 Å². The van der Waals surface area contributed by atoms with Crippen LogP contribution in [-0.4, -0.2) is 37.5 Å². The topological polar surface area (TPSA) is 112 Å². The monoisotopic (exact) mass is 502 g/mol. The van der Waals surface area contributed by atoms with E-state index < -0.39 is 11.1 Å². The van der Waals surface area contributed by atoms with Crippen molar-refractivity contribution in [3.63, 3.8) is 0 Å². The number of amides is 1. The number of nitrogens with two attached hydrogens (primary N) is 2. The van der Waals surface area contributed by atoms with Crippen LogP contribution < -0.4 is 16.8 Å². The van der Waals surface area contributed by atoms with E-state index >= 15 is 0 Å². The molecule has 1 aliphatic rings. The summed E-state index contributed by atoms with van der Waals surface area (Å²) >= 11 is 0. The Morgan fingerprint density at radius 2 is 1.81 bits per heavy atom. The van der Waals surface area contributed by atoms with E-state index in [1.165, 1.54) is 44.9 Å². The smallest absolute Gasteiger partial charge is 0.220 e. The van der Waals surface area contributed by atoms with E-state index in [0.717, 1.165) is 37.8 Å². The summed E-state index contributed by atoms with van der Waals surface area (Å²) in [5, 5.41) is 11.8. The van der Waals surface area contributed by atoms with Crippen molar-refractivity contribution in [2.45, 2.75) is 154 Å². The summed E-state index contributed by atoms with van der Waals surface area (Å²) < 4.78 is 1.91. The highest BCUT2D eigenvalue weighted by Gasteiger charge is 2.48. The van der Waals surface area contributed by atoms with Gasteiger partial charge in [-0.3, -0.25) is 4.79 Å². The number of aromatic nitrogens is 3. The molecule has 1 fully saturated rings. The van der Waals surface area contributed by atoms with Crippen LogP contribution in [0.4, 0.5) is 0 Å². The van der Waals surface area contributed by atoms with Gasteiger partial charge in [0, 0.05) is 30.1 Å². The van der Waals surface area contributed by atoms with Gasteiger partial charge < -0.3 is 16.8 Å². The zero-order valence-corrected chi connectivity index (χ0v) is 23.8. The van der Waals surface area contributed by atoms with Gasteiger partial charge in [-0.05, 0) is 72.6 Å². The molecule has 206 valence electrons. The zero-order valence-electron chi connectivity index (χ0n) is 23.8.